The molecule has 1 amide bonds. The van der Waals surface area contributed by atoms with Crippen LogP contribution in [0.4, 0.5) is 0 Å². The highest BCUT2D eigenvalue weighted by atomic mass is 16.2. The Labute approximate surface area is 155 Å². The fraction of sp³-hybridized carbons (Fsp3) is 0.389. The number of aryl methyl sites for hydroxylation is 2. The molecule has 27 heavy (non-hydrogen) atoms. The van der Waals surface area contributed by atoms with E-state index in [0.29, 0.717) is 24.0 Å². The molecule has 9 nitrogen and oxygen atoms in total. The molecule has 0 bridgehead atoms. The van der Waals surface area contributed by atoms with E-state index in [4.69, 9.17) is 5.73 Å². The van der Waals surface area contributed by atoms with Gasteiger partial charge in [0.2, 0.25) is 5.91 Å². The number of hydrogen-bond acceptors (Lipinski definition) is 6. The first-order valence-corrected chi connectivity index (χ1v) is 8.88. The van der Waals surface area contributed by atoms with E-state index in [1.165, 1.54) is 4.68 Å². The zero-order valence-corrected chi connectivity index (χ0v) is 15.0. The highest BCUT2D eigenvalue weighted by molar-refractivity contribution is 5.77. The van der Waals surface area contributed by atoms with Crippen LogP contribution in [0.3, 0.4) is 0 Å². The normalized spacial score (nSPS) is 19.7. The molecular formula is C18H21N7O2. The molecule has 1 aromatic carbocycles. The third kappa shape index (κ3) is 3.21. The summed E-state index contributed by atoms with van der Waals surface area (Å²) in [6.07, 6.45) is 1.91. The number of fused-ring (bicyclic) bond motifs is 1. The van der Waals surface area contributed by atoms with Gasteiger partial charge in [0.1, 0.15) is 5.52 Å². The standard InChI is InChI=1S/C18H21N7O2/c1-23-16(6-8-20-23)13-10-24(11-14(13)19)17(26)7-9-25-18(27)12-4-2-3-5-15(12)21-22-25/h2-6,8,13-14H,7,9-11,19H2,1H3/t13-,14-/m1/s1. The van der Waals surface area contributed by atoms with Gasteiger partial charge in [0, 0.05) is 50.4 Å². The topological polar surface area (TPSA) is 112 Å². The van der Waals surface area contributed by atoms with Crippen LogP contribution in [-0.2, 0) is 18.4 Å². The molecule has 2 atom stereocenters. The molecule has 1 saturated heterocycles. The van der Waals surface area contributed by atoms with Gasteiger partial charge < -0.3 is 10.6 Å². The van der Waals surface area contributed by atoms with Crippen LogP contribution in [0.25, 0.3) is 10.9 Å². The first-order valence-electron chi connectivity index (χ1n) is 8.88. The minimum atomic E-state index is -0.237. The summed E-state index contributed by atoms with van der Waals surface area (Å²) in [4.78, 5) is 26.8. The molecule has 3 aromatic rings. The maximum atomic E-state index is 12.6. The average Bonchev–Trinajstić information content (AvgIpc) is 3.26. The lowest BCUT2D eigenvalue weighted by atomic mass is 10.0. The quantitative estimate of drug-likeness (QED) is 0.687. The van der Waals surface area contributed by atoms with Crippen molar-refractivity contribution in [2.24, 2.45) is 12.8 Å². The minimum absolute atomic E-state index is 0.0445. The van der Waals surface area contributed by atoms with Gasteiger partial charge in [-0.25, -0.2) is 4.68 Å². The van der Waals surface area contributed by atoms with Crippen LogP contribution in [0.5, 0.6) is 0 Å². The summed E-state index contributed by atoms with van der Waals surface area (Å²) in [7, 11) is 1.87. The van der Waals surface area contributed by atoms with E-state index in [1.54, 1.807) is 40.0 Å². The molecule has 9 heteroatoms. The summed E-state index contributed by atoms with van der Waals surface area (Å²) < 4.78 is 3.04. The van der Waals surface area contributed by atoms with Gasteiger partial charge in [0.05, 0.1) is 11.9 Å². The number of benzene rings is 1. The number of likely N-dealkylation sites (tertiary alicyclic amines) is 1. The van der Waals surface area contributed by atoms with Crippen LogP contribution >= 0.6 is 0 Å². The number of amides is 1. The molecule has 0 radical (unpaired) electrons. The van der Waals surface area contributed by atoms with Crippen molar-refractivity contribution in [2.45, 2.75) is 24.9 Å². The van der Waals surface area contributed by atoms with Gasteiger partial charge in [0.15, 0.2) is 0 Å². The van der Waals surface area contributed by atoms with Crippen molar-refractivity contribution in [3.63, 3.8) is 0 Å². The van der Waals surface area contributed by atoms with Gasteiger partial charge in [-0.1, -0.05) is 17.3 Å². The molecule has 0 aliphatic carbocycles. The Kier molecular flexibility index (Phi) is 4.44. The molecular weight excluding hydrogens is 346 g/mol. The molecule has 1 aliphatic heterocycles. The predicted molar refractivity (Wildman–Crippen MR) is 98.9 cm³/mol. The second-order valence-corrected chi connectivity index (χ2v) is 6.83. The van der Waals surface area contributed by atoms with Gasteiger partial charge in [-0.3, -0.25) is 14.3 Å². The fourth-order valence-corrected chi connectivity index (χ4v) is 3.62. The minimum Gasteiger partial charge on any atom is -0.340 e. The van der Waals surface area contributed by atoms with E-state index in [9.17, 15) is 9.59 Å². The molecule has 1 aliphatic rings. The molecule has 0 unspecified atom stereocenters. The number of rotatable bonds is 4. The summed E-state index contributed by atoms with van der Waals surface area (Å²) >= 11 is 0. The number of hydrogen-bond donors (Lipinski definition) is 1. The van der Waals surface area contributed by atoms with E-state index in [2.05, 4.69) is 15.4 Å². The Bertz CT molecular complexity index is 1040. The van der Waals surface area contributed by atoms with E-state index in [0.717, 1.165) is 5.69 Å². The van der Waals surface area contributed by atoms with Gasteiger partial charge in [0.25, 0.3) is 5.56 Å². The number of carbonyl (C=O) groups is 1. The summed E-state index contributed by atoms with van der Waals surface area (Å²) in [6.45, 7) is 1.24. The Balaban J connectivity index is 1.44. The molecule has 0 saturated carbocycles. The van der Waals surface area contributed by atoms with E-state index < -0.39 is 0 Å². The van der Waals surface area contributed by atoms with Crippen molar-refractivity contribution in [2.75, 3.05) is 13.1 Å². The van der Waals surface area contributed by atoms with Crippen LogP contribution in [0.1, 0.15) is 18.0 Å². The van der Waals surface area contributed by atoms with Crippen molar-refractivity contribution in [3.8, 4) is 0 Å². The lowest BCUT2D eigenvalue weighted by Crippen LogP contribution is -2.34. The molecule has 3 heterocycles. The van der Waals surface area contributed by atoms with Gasteiger partial charge in [-0.15, -0.1) is 5.10 Å². The molecule has 140 valence electrons. The zero-order valence-electron chi connectivity index (χ0n) is 15.0. The van der Waals surface area contributed by atoms with Crippen LogP contribution in [-0.4, -0.2) is 54.7 Å². The molecule has 4 rings (SSSR count). The Morgan fingerprint density at radius 2 is 2.07 bits per heavy atom. The van der Waals surface area contributed by atoms with Crippen molar-refractivity contribution in [3.05, 3.63) is 52.6 Å². The Morgan fingerprint density at radius 1 is 1.26 bits per heavy atom. The van der Waals surface area contributed by atoms with Crippen LogP contribution in [0.15, 0.2) is 41.3 Å². The maximum Gasteiger partial charge on any atom is 0.277 e. The third-order valence-electron chi connectivity index (χ3n) is 5.12. The molecule has 1 fully saturated rings. The first-order chi connectivity index (χ1) is 13.0. The third-order valence-corrected chi connectivity index (χ3v) is 5.12. The smallest absolute Gasteiger partial charge is 0.277 e. The monoisotopic (exact) mass is 367 g/mol. The molecule has 2 N–H and O–H groups in total. The summed E-state index contributed by atoms with van der Waals surface area (Å²) in [5.41, 5.74) is 7.58. The molecule has 0 spiro atoms. The van der Waals surface area contributed by atoms with E-state index >= 15 is 0 Å². The summed E-state index contributed by atoms with van der Waals surface area (Å²) in [5.74, 6) is 0.0154. The second-order valence-electron chi connectivity index (χ2n) is 6.83. The summed E-state index contributed by atoms with van der Waals surface area (Å²) in [5, 5.41) is 12.7. The Hall–Kier alpha value is -3.07. The summed E-state index contributed by atoms with van der Waals surface area (Å²) in [6, 6.07) is 8.84. The van der Waals surface area contributed by atoms with Gasteiger partial charge >= 0.3 is 0 Å². The largest absolute Gasteiger partial charge is 0.340 e. The zero-order chi connectivity index (χ0) is 19.0. The van der Waals surface area contributed by atoms with E-state index in [1.807, 2.05) is 13.1 Å². The van der Waals surface area contributed by atoms with Crippen LogP contribution in [0.2, 0.25) is 0 Å². The predicted octanol–water partition coefficient (Wildman–Crippen LogP) is -0.132. The first kappa shape index (κ1) is 17.3. The Morgan fingerprint density at radius 3 is 2.85 bits per heavy atom. The van der Waals surface area contributed by atoms with Crippen molar-refractivity contribution < 1.29 is 4.79 Å². The number of carbonyl (C=O) groups excluding carboxylic acids is 1. The van der Waals surface area contributed by atoms with Crippen LogP contribution in [0, 0.1) is 0 Å². The van der Waals surface area contributed by atoms with Crippen LogP contribution < -0.4 is 11.3 Å². The van der Waals surface area contributed by atoms with Gasteiger partial charge in [-0.05, 0) is 18.2 Å². The van der Waals surface area contributed by atoms with Gasteiger partial charge in [-0.2, -0.15) is 5.10 Å². The highest BCUT2D eigenvalue weighted by Crippen LogP contribution is 2.26. The van der Waals surface area contributed by atoms with Crippen molar-refractivity contribution in [1.82, 2.24) is 29.7 Å². The second kappa shape index (κ2) is 6.92. The SMILES string of the molecule is Cn1nccc1[C@@H]1CN(C(=O)CCn2nnc3ccccc3c2=O)C[C@H]1N. The molecule has 2 aromatic heterocycles. The van der Waals surface area contributed by atoms with Crippen molar-refractivity contribution >= 4 is 16.8 Å². The highest BCUT2D eigenvalue weighted by Gasteiger charge is 2.35. The number of aromatic nitrogens is 5. The maximum absolute atomic E-state index is 12.6. The number of nitrogens with zero attached hydrogens (tertiary/aromatic N) is 6. The average molecular weight is 367 g/mol. The lowest BCUT2D eigenvalue weighted by Gasteiger charge is -2.16. The van der Waals surface area contributed by atoms with Crippen molar-refractivity contribution in [1.29, 1.82) is 0 Å². The lowest BCUT2D eigenvalue weighted by molar-refractivity contribution is -0.130. The van der Waals surface area contributed by atoms with E-state index in [-0.39, 0.29) is 36.4 Å². The fourth-order valence-electron chi connectivity index (χ4n) is 3.62. The number of nitrogens with two attached hydrogens (primary N) is 1.